The number of hydrogen-bond donors (Lipinski definition) is 1. The lowest BCUT2D eigenvalue weighted by Crippen LogP contribution is -2.31. The molecule has 0 spiro atoms. The average Bonchev–Trinajstić information content (AvgIpc) is 2.34. The summed E-state index contributed by atoms with van der Waals surface area (Å²) in [4.78, 5) is 0. The van der Waals surface area contributed by atoms with Crippen molar-refractivity contribution < 1.29 is 5.11 Å². The molecule has 0 saturated heterocycles. The molecule has 0 aromatic heterocycles. The lowest BCUT2D eigenvalue weighted by Gasteiger charge is -2.29. The third kappa shape index (κ3) is 4.50. The van der Waals surface area contributed by atoms with Gasteiger partial charge in [0.1, 0.15) is 0 Å². The lowest BCUT2D eigenvalue weighted by molar-refractivity contribution is 0.0588. The van der Waals surface area contributed by atoms with Crippen LogP contribution in [0.5, 0.6) is 0 Å². The lowest BCUT2D eigenvalue weighted by atomic mass is 9.82. The Morgan fingerprint density at radius 3 is 2.39 bits per heavy atom. The van der Waals surface area contributed by atoms with Gasteiger partial charge in [-0.2, -0.15) is 0 Å². The van der Waals surface area contributed by atoms with Gasteiger partial charge in [-0.05, 0) is 24.8 Å². The van der Waals surface area contributed by atoms with Gasteiger partial charge in [-0.25, -0.2) is 0 Å². The first-order valence-corrected chi connectivity index (χ1v) is 6.55. The molecule has 0 aliphatic carbocycles. The second-order valence-electron chi connectivity index (χ2n) is 5.44. The third-order valence-corrected chi connectivity index (χ3v) is 3.17. The van der Waals surface area contributed by atoms with E-state index in [1.54, 1.807) is 0 Å². The summed E-state index contributed by atoms with van der Waals surface area (Å²) in [5.74, 6) is 0.627. The number of benzene rings is 1. The third-order valence-electron chi connectivity index (χ3n) is 3.17. The highest BCUT2D eigenvalue weighted by Gasteiger charge is 2.27. The van der Waals surface area contributed by atoms with E-state index in [1.165, 1.54) is 0 Å². The Labute approximate surface area is 111 Å². The first-order chi connectivity index (χ1) is 8.45. The summed E-state index contributed by atoms with van der Waals surface area (Å²) in [6.07, 6.45) is 6.64. The molecule has 18 heavy (non-hydrogen) atoms. The Morgan fingerprint density at radius 2 is 1.89 bits per heavy atom. The normalized spacial score (nSPS) is 16.7. The van der Waals surface area contributed by atoms with E-state index in [-0.39, 0.29) is 5.92 Å². The Hall–Kier alpha value is -1.34. The highest BCUT2D eigenvalue weighted by atomic mass is 16.3. The van der Waals surface area contributed by atoms with Crippen molar-refractivity contribution in [2.24, 2.45) is 11.8 Å². The van der Waals surface area contributed by atoms with Crippen LogP contribution in [0.15, 0.2) is 49.1 Å². The molecule has 0 unspecified atom stereocenters. The summed E-state index contributed by atoms with van der Waals surface area (Å²) in [7, 11) is 0. The maximum atomic E-state index is 10.5. The van der Waals surface area contributed by atoms with Crippen molar-refractivity contribution in [1.82, 2.24) is 0 Å². The zero-order valence-electron chi connectivity index (χ0n) is 11.6. The smallest absolute Gasteiger partial charge is 0.0865 e. The molecule has 1 aromatic rings. The van der Waals surface area contributed by atoms with Crippen molar-refractivity contribution in [2.75, 3.05) is 0 Å². The molecule has 0 radical (unpaired) electrons. The van der Waals surface area contributed by atoms with Crippen molar-refractivity contribution >= 4 is 6.08 Å². The van der Waals surface area contributed by atoms with Crippen LogP contribution in [0.25, 0.3) is 6.08 Å². The molecule has 0 fully saturated rings. The monoisotopic (exact) mass is 244 g/mol. The second-order valence-corrected chi connectivity index (χ2v) is 5.44. The molecule has 0 saturated carbocycles. The minimum absolute atomic E-state index is 0.0810. The molecular weight excluding hydrogens is 220 g/mol. The molecule has 0 aliphatic heterocycles. The van der Waals surface area contributed by atoms with Crippen molar-refractivity contribution in [3.05, 3.63) is 54.6 Å². The van der Waals surface area contributed by atoms with E-state index < -0.39 is 5.60 Å². The first-order valence-electron chi connectivity index (χ1n) is 6.55. The predicted octanol–water partition coefficient (Wildman–Crippen LogP) is 4.30. The summed E-state index contributed by atoms with van der Waals surface area (Å²) >= 11 is 0. The molecule has 0 heterocycles. The van der Waals surface area contributed by atoms with Gasteiger partial charge in [0.2, 0.25) is 0 Å². The zero-order chi connectivity index (χ0) is 13.6. The van der Waals surface area contributed by atoms with Crippen molar-refractivity contribution in [3.63, 3.8) is 0 Å². The molecule has 0 aliphatic rings. The Morgan fingerprint density at radius 1 is 1.28 bits per heavy atom. The van der Waals surface area contributed by atoms with Gasteiger partial charge >= 0.3 is 0 Å². The van der Waals surface area contributed by atoms with Crippen LogP contribution in [0.2, 0.25) is 0 Å². The summed E-state index contributed by atoms with van der Waals surface area (Å²) in [5, 5.41) is 10.5. The van der Waals surface area contributed by atoms with E-state index in [0.717, 1.165) is 12.0 Å². The predicted molar refractivity (Wildman–Crippen MR) is 79.2 cm³/mol. The van der Waals surface area contributed by atoms with Crippen LogP contribution in [0.4, 0.5) is 0 Å². The molecule has 2 atom stereocenters. The second kappa shape index (κ2) is 6.55. The topological polar surface area (TPSA) is 20.2 Å². The van der Waals surface area contributed by atoms with E-state index in [9.17, 15) is 5.11 Å². The molecule has 1 N–H and O–H groups in total. The molecule has 0 amide bonds. The van der Waals surface area contributed by atoms with Crippen LogP contribution >= 0.6 is 0 Å². The molecule has 98 valence electrons. The van der Waals surface area contributed by atoms with E-state index in [4.69, 9.17) is 0 Å². The SMILES string of the molecule is C=C[C@@H](CC(C)C)[C@](C)(O)/C=C/c1ccccc1. The van der Waals surface area contributed by atoms with Crippen LogP contribution in [0, 0.1) is 11.8 Å². The van der Waals surface area contributed by atoms with Gasteiger partial charge in [-0.3, -0.25) is 0 Å². The fourth-order valence-electron chi connectivity index (χ4n) is 2.03. The maximum absolute atomic E-state index is 10.5. The van der Waals surface area contributed by atoms with Gasteiger partial charge in [0.15, 0.2) is 0 Å². The largest absolute Gasteiger partial charge is 0.385 e. The molecule has 1 nitrogen and oxygen atoms in total. The fraction of sp³-hybridized carbons (Fsp3) is 0.412. The van der Waals surface area contributed by atoms with E-state index in [2.05, 4.69) is 20.4 Å². The number of rotatable bonds is 6. The Kier molecular flexibility index (Phi) is 5.36. The van der Waals surface area contributed by atoms with Crippen LogP contribution in [0.3, 0.4) is 0 Å². The Balaban J connectivity index is 2.79. The van der Waals surface area contributed by atoms with Crippen LogP contribution < -0.4 is 0 Å². The van der Waals surface area contributed by atoms with E-state index in [1.807, 2.05) is 55.5 Å². The number of aliphatic hydroxyl groups is 1. The van der Waals surface area contributed by atoms with Gasteiger partial charge in [-0.1, -0.05) is 62.4 Å². The van der Waals surface area contributed by atoms with E-state index in [0.29, 0.717) is 5.92 Å². The molecular formula is C17H24O. The summed E-state index contributed by atoms with van der Waals surface area (Å²) in [6.45, 7) is 10.0. The quantitative estimate of drug-likeness (QED) is 0.740. The van der Waals surface area contributed by atoms with Crippen molar-refractivity contribution in [2.45, 2.75) is 32.8 Å². The van der Waals surface area contributed by atoms with Crippen LogP contribution in [-0.4, -0.2) is 10.7 Å². The summed E-state index contributed by atoms with van der Waals surface area (Å²) < 4.78 is 0. The van der Waals surface area contributed by atoms with Gasteiger partial charge in [0.25, 0.3) is 0 Å². The summed E-state index contributed by atoms with van der Waals surface area (Å²) in [6, 6.07) is 10.0. The first kappa shape index (κ1) is 14.7. The molecule has 0 bridgehead atoms. The van der Waals surface area contributed by atoms with Gasteiger partial charge in [0, 0.05) is 5.92 Å². The van der Waals surface area contributed by atoms with Crippen LogP contribution in [0.1, 0.15) is 32.8 Å². The average molecular weight is 244 g/mol. The highest BCUT2D eigenvalue weighted by molar-refractivity contribution is 5.50. The van der Waals surface area contributed by atoms with Gasteiger partial charge < -0.3 is 5.11 Å². The minimum atomic E-state index is -0.845. The van der Waals surface area contributed by atoms with Gasteiger partial charge in [0.05, 0.1) is 5.60 Å². The number of hydrogen-bond acceptors (Lipinski definition) is 1. The molecule has 1 heteroatoms. The van der Waals surface area contributed by atoms with Crippen LogP contribution in [-0.2, 0) is 0 Å². The standard InChI is InChI=1S/C17H24O/c1-5-16(13-14(2)3)17(4,18)12-11-15-9-7-6-8-10-15/h5-12,14,16,18H,1,13H2,2-4H3/b12-11+/t16-,17+/m0/s1. The maximum Gasteiger partial charge on any atom is 0.0865 e. The summed E-state index contributed by atoms with van der Waals surface area (Å²) in [5.41, 5.74) is 0.257. The molecule has 1 rings (SSSR count). The fourth-order valence-corrected chi connectivity index (χ4v) is 2.03. The highest BCUT2D eigenvalue weighted by Crippen LogP contribution is 2.27. The Bertz CT molecular complexity index is 387. The molecule has 1 aromatic carbocycles. The minimum Gasteiger partial charge on any atom is -0.385 e. The van der Waals surface area contributed by atoms with E-state index >= 15 is 0 Å². The van der Waals surface area contributed by atoms with Crippen molar-refractivity contribution in [3.8, 4) is 0 Å². The van der Waals surface area contributed by atoms with Crippen molar-refractivity contribution in [1.29, 1.82) is 0 Å². The zero-order valence-corrected chi connectivity index (χ0v) is 11.6. The van der Waals surface area contributed by atoms with Gasteiger partial charge in [-0.15, -0.1) is 6.58 Å².